The van der Waals surface area contributed by atoms with Crippen molar-refractivity contribution in [2.75, 3.05) is 0 Å². The number of hydrogen-bond donors (Lipinski definition) is 0. The van der Waals surface area contributed by atoms with Gasteiger partial charge in [-0.2, -0.15) is 0 Å². The highest BCUT2D eigenvalue weighted by atomic mass is 16.5. The van der Waals surface area contributed by atoms with E-state index in [2.05, 4.69) is 6.58 Å². The van der Waals surface area contributed by atoms with Crippen molar-refractivity contribution in [3.05, 3.63) is 54.5 Å². The molecule has 0 fully saturated rings. The third-order valence-electron chi connectivity index (χ3n) is 2.03. The molecule has 79 valence electrons. The number of carbonyl (C=O) groups excluding carboxylic acids is 1. The van der Waals surface area contributed by atoms with Crippen LogP contribution in [0.5, 0.6) is 0 Å². The molecule has 0 aliphatic heterocycles. The third-order valence-corrected chi connectivity index (χ3v) is 2.03. The van der Waals surface area contributed by atoms with Crippen molar-refractivity contribution < 1.29 is 9.53 Å². The minimum Gasteiger partial charge on any atom is -0.454 e. The summed E-state index contributed by atoms with van der Waals surface area (Å²) in [6, 6.07) is 9.66. The van der Waals surface area contributed by atoms with E-state index in [1.54, 1.807) is 0 Å². The van der Waals surface area contributed by atoms with Crippen LogP contribution in [0, 0.1) is 5.92 Å². The zero-order valence-electron chi connectivity index (χ0n) is 9.07. The number of esters is 1. The molecule has 2 heteroatoms. The second kappa shape index (κ2) is 5.35. The molecule has 0 saturated heterocycles. The van der Waals surface area contributed by atoms with Crippen LogP contribution in [0.2, 0.25) is 0 Å². The minimum absolute atomic E-state index is 0.281. The van der Waals surface area contributed by atoms with Crippen molar-refractivity contribution in [3.8, 4) is 0 Å². The van der Waals surface area contributed by atoms with Crippen LogP contribution in [0.1, 0.15) is 25.5 Å². The Bertz CT molecular complexity index is 328. The lowest BCUT2D eigenvalue weighted by molar-refractivity contribution is -0.142. The van der Waals surface area contributed by atoms with Crippen LogP contribution in [0.25, 0.3) is 0 Å². The van der Waals surface area contributed by atoms with Gasteiger partial charge in [0.05, 0.1) is 0 Å². The second-order valence-electron chi connectivity index (χ2n) is 3.51. The van der Waals surface area contributed by atoms with E-state index in [9.17, 15) is 4.79 Å². The molecule has 1 rings (SSSR count). The Labute approximate surface area is 90.6 Å². The molecule has 0 N–H and O–H groups in total. The third kappa shape index (κ3) is 3.24. The summed E-state index contributed by atoms with van der Waals surface area (Å²) in [7, 11) is 0. The van der Waals surface area contributed by atoms with E-state index >= 15 is 0 Å². The normalized spacial score (nSPS) is 12.2. The van der Waals surface area contributed by atoms with E-state index in [0.29, 0.717) is 0 Å². The van der Waals surface area contributed by atoms with Gasteiger partial charge in [-0.1, -0.05) is 50.8 Å². The first-order chi connectivity index (χ1) is 7.15. The molecule has 0 aliphatic rings. The van der Waals surface area contributed by atoms with Crippen LogP contribution in [0.15, 0.2) is 43.0 Å². The summed E-state index contributed by atoms with van der Waals surface area (Å²) in [5.74, 6) is 0.640. The Morgan fingerprint density at radius 1 is 1.33 bits per heavy atom. The van der Waals surface area contributed by atoms with Crippen LogP contribution < -0.4 is 0 Å². The molecule has 1 aromatic carbocycles. The fraction of sp³-hybridized carbons (Fsp3) is 0.231. The van der Waals surface area contributed by atoms with E-state index in [0.717, 1.165) is 11.5 Å². The molecule has 15 heavy (non-hydrogen) atoms. The van der Waals surface area contributed by atoms with Gasteiger partial charge in [-0.15, -0.1) is 0 Å². The molecule has 0 spiro atoms. The Morgan fingerprint density at radius 2 is 1.93 bits per heavy atom. The first-order valence-corrected chi connectivity index (χ1v) is 4.83. The predicted molar refractivity (Wildman–Crippen MR) is 60.1 cm³/mol. The predicted octanol–water partition coefficient (Wildman–Crippen LogP) is 3.07. The quantitative estimate of drug-likeness (QED) is 0.555. The highest BCUT2D eigenvalue weighted by Gasteiger charge is 2.19. The SMILES string of the molecule is C=CC(=O)OC([C](C)C)c1ccccc1. The van der Waals surface area contributed by atoms with Crippen molar-refractivity contribution in [1.29, 1.82) is 0 Å². The number of hydrogen-bond acceptors (Lipinski definition) is 2. The molecular weight excluding hydrogens is 188 g/mol. The first-order valence-electron chi connectivity index (χ1n) is 4.83. The van der Waals surface area contributed by atoms with Gasteiger partial charge in [0.15, 0.2) is 0 Å². The Hall–Kier alpha value is -1.57. The molecule has 0 aliphatic carbocycles. The average Bonchev–Trinajstić information content (AvgIpc) is 2.26. The molecule has 0 aromatic heterocycles. The largest absolute Gasteiger partial charge is 0.454 e. The second-order valence-corrected chi connectivity index (χ2v) is 3.51. The van der Waals surface area contributed by atoms with E-state index < -0.39 is 5.97 Å². The molecule has 1 atom stereocenters. The summed E-state index contributed by atoms with van der Waals surface area (Å²) in [5, 5.41) is 0. The van der Waals surface area contributed by atoms with Gasteiger partial charge in [-0.25, -0.2) is 4.79 Å². The maximum atomic E-state index is 11.1. The monoisotopic (exact) mass is 203 g/mol. The summed E-state index contributed by atoms with van der Waals surface area (Å²) in [5.41, 5.74) is 0.979. The van der Waals surface area contributed by atoms with E-state index in [-0.39, 0.29) is 6.10 Å². The average molecular weight is 203 g/mol. The Morgan fingerprint density at radius 3 is 2.40 bits per heavy atom. The van der Waals surface area contributed by atoms with Crippen LogP contribution in [0.4, 0.5) is 0 Å². The number of ether oxygens (including phenoxy) is 1. The van der Waals surface area contributed by atoms with Gasteiger partial charge in [0, 0.05) is 12.0 Å². The van der Waals surface area contributed by atoms with Gasteiger partial charge in [0.25, 0.3) is 0 Å². The lowest BCUT2D eigenvalue weighted by Crippen LogP contribution is -2.13. The van der Waals surface area contributed by atoms with Gasteiger partial charge in [0.2, 0.25) is 0 Å². The molecule has 0 amide bonds. The van der Waals surface area contributed by atoms with Crippen LogP contribution in [-0.2, 0) is 9.53 Å². The van der Waals surface area contributed by atoms with Crippen LogP contribution in [0.3, 0.4) is 0 Å². The molecule has 1 unspecified atom stereocenters. The lowest BCUT2D eigenvalue weighted by Gasteiger charge is -2.20. The first kappa shape index (κ1) is 11.5. The molecule has 1 aromatic rings. The Balaban J connectivity index is 2.84. The summed E-state index contributed by atoms with van der Waals surface area (Å²) >= 11 is 0. The van der Waals surface area contributed by atoms with Crippen molar-refractivity contribution in [2.45, 2.75) is 20.0 Å². The summed E-state index contributed by atoms with van der Waals surface area (Å²) < 4.78 is 5.25. The van der Waals surface area contributed by atoms with Crippen LogP contribution >= 0.6 is 0 Å². The lowest BCUT2D eigenvalue weighted by atomic mass is 9.99. The standard InChI is InChI=1S/C13H15O2/c1-4-12(14)15-13(10(2)3)11-8-6-5-7-9-11/h4-9,13H,1H2,2-3H3. The molecule has 2 nitrogen and oxygen atoms in total. The maximum absolute atomic E-state index is 11.1. The molecule has 0 saturated carbocycles. The molecular formula is C13H15O2. The number of carbonyl (C=O) groups is 1. The fourth-order valence-corrected chi connectivity index (χ4v) is 1.31. The molecule has 0 heterocycles. The minimum atomic E-state index is -0.398. The topological polar surface area (TPSA) is 26.3 Å². The van der Waals surface area contributed by atoms with Crippen molar-refractivity contribution >= 4 is 5.97 Å². The maximum Gasteiger partial charge on any atom is 0.330 e. The highest BCUT2D eigenvalue weighted by molar-refractivity contribution is 5.81. The van der Waals surface area contributed by atoms with Crippen molar-refractivity contribution in [3.63, 3.8) is 0 Å². The smallest absolute Gasteiger partial charge is 0.330 e. The van der Waals surface area contributed by atoms with Gasteiger partial charge < -0.3 is 4.74 Å². The van der Waals surface area contributed by atoms with E-state index in [1.807, 2.05) is 44.2 Å². The van der Waals surface area contributed by atoms with Gasteiger partial charge in [0.1, 0.15) is 6.10 Å². The molecule has 0 bridgehead atoms. The summed E-state index contributed by atoms with van der Waals surface area (Å²) in [6.07, 6.45) is 0.899. The van der Waals surface area contributed by atoms with E-state index in [4.69, 9.17) is 4.74 Å². The van der Waals surface area contributed by atoms with Gasteiger partial charge >= 0.3 is 5.97 Å². The van der Waals surface area contributed by atoms with Gasteiger partial charge in [-0.3, -0.25) is 0 Å². The fourth-order valence-electron chi connectivity index (χ4n) is 1.31. The van der Waals surface area contributed by atoms with E-state index in [1.165, 1.54) is 6.08 Å². The zero-order chi connectivity index (χ0) is 11.3. The Kier molecular flexibility index (Phi) is 4.10. The highest BCUT2D eigenvalue weighted by Crippen LogP contribution is 2.27. The van der Waals surface area contributed by atoms with Crippen LogP contribution in [-0.4, -0.2) is 5.97 Å². The molecule has 1 radical (unpaired) electrons. The zero-order valence-corrected chi connectivity index (χ0v) is 9.07. The van der Waals surface area contributed by atoms with Crippen molar-refractivity contribution in [2.24, 2.45) is 0 Å². The van der Waals surface area contributed by atoms with Crippen molar-refractivity contribution in [1.82, 2.24) is 0 Å². The van der Waals surface area contributed by atoms with Gasteiger partial charge in [-0.05, 0) is 5.56 Å². The summed E-state index contributed by atoms with van der Waals surface area (Å²) in [4.78, 5) is 11.1. The number of benzene rings is 1. The number of rotatable bonds is 4. The summed E-state index contributed by atoms with van der Waals surface area (Å²) in [6.45, 7) is 7.26.